The number of nitrogens with two attached hydrogens (primary N) is 1. The fourth-order valence-corrected chi connectivity index (χ4v) is 1.000. The number of hydrogen-bond donors (Lipinski definition) is 1. The van der Waals surface area contributed by atoms with Crippen LogP contribution in [0.5, 0.6) is 0 Å². The summed E-state index contributed by atoms with van der Waals surface area (Å²) in [5.41, 5.74) is 5.60. The summed E-state index contributed by atoms with van der Waals surface area (Å²) in [6.07, 6.45) is 5.06. The first kappa shape index (κ1) is 9.26. The largest absolute Gasteiger partial charge is 0.444 e. The number of aryl methyl sites for hydroxylation is 1. The Balaban J connectivity index is 2.52. The van der Waals surface area contributed by atoms with E-state index in [0.717, 1.165) is 18.6 Å². The number of nitrogens with zero attached hydrogens (tertiary/aromatic N) is 1. The van der Waals surface area contributed by atoms with Crippen LogP contribution in [-0.4, -0.2) is 4.98 Å². The van der Waals surface area contributed by atoms with Crippen LogP contribution in [0.15, 0.2) is 10.6 Å². The lowest BCUT2D eigenvalue weighted by Gasteiger charge is -1.96. The zero-order valence-electron chi connectivity index (χ0n) is 7.71. The molecule has 1 atom stereocenters. The van der Waals surface area contributed by atoms with Gasteiger partial charge in [0.2, 0.25) is 5.89 Å². The standard InChI is InChI=1S/C9H16N2O/c1-3-4-5-8-6-11-9(12-8)7(2)10/h6-7H,3-5,10H2,1-2H3. The van der Waals surface area contributed by atoms with Crippen LogP contribution in [0, 0.1) is 0 Å². The molecule has 0 aliphatic heterocycles. The summed E-state index contributed by atoms with van der Waals surface area (Å²) in [6, 6.07) is -0.0969. The summed E-state index contributed by atoms with van der Waals surface area (Å²) in [5.74, 6) is 1.59. The van der Waals surface area contributed by atoms with E-state index in [1.165, 1.54) is 6.42 Å². The first-order chi connectivity index (χ1) is 5.74. The normalized spacial score (nSPS) is 13.2. The Hall–Kier alpha value is -0.830. The third kappa shape index (κ3) is 2.34. The third-order valence-electron chi connectivity index (χ3n) is 1.74. The van der Waals surface area contributed by atoms with Crippen molar-refractivity contribution < 1.29 is 4.42 Å². The van der Waals surface area contributed by atoms with Crippen molar-refractivity contribution in [3.05, 3.63) is 17.8 Å². The van der Waals surface area contributed by atoms with Gasteiger partial charge in [-0.2, -0.15) is 0 Å². The fraction of sp³-hybridized carbons (Fsp3) is 0.667. The zero-order chi connectivity index (χ0) is 8.97. The molecule has 68 valence electrons. The van der Waals surface area contributed by atoms with E-state index in [0.29, 0.717) is 5.89 Å². The molecule has 0 spiro atoms. The Morgan fingerprint density at radius 2 is 2.42 bits per heavy atom. The molecule has 0 saturated carbocycles. The van der Waals surface area contributed by atoms with E-state index in [4.69, 9.17) is 10.2 Å². The van der Waals surface area contributed by atoms with Crippen LogP contribution in [0.4, 0.5) is 0 Å². The van der Waals surface area contributed by atoms with Crippen LogP contribution >= 0.6 is 0 Å². The predicted octanol–water partition coefficient (Wildman–Crippen LogP) is 2.04. The van der Waals surface area contributed by atoms with E-state index in [9.17, 15) is 0 Å². The molecule has 0 aliphatic rings. The highest BCUT2D eigenvalue weighted by Gasteiger charge is 2.06. The monoisotopic (exact) mass is 168 g/mol. The summed E-state index contributed by atoms with van der Waals surface area (Å²) >= 11 is 0. The first-order valence-corrected chi connectivity index (χ1v) is 4.44. The third-order valence-corrected chi connectivity index (χ3v) is 1.74. The van der Waals surface area contributed by atoms with Gasteiger partial charge in [-0.25, -0.2) is 4.98 Å². The molecule has 1 aromatic heterocycles. The van der Waals surface area contributed by atoms with Crippen molar-refractivity contribution in [2.45, 2.75) is 39.2 Å². The molecule has 0 aliphatic carbocycles. The second kappa shape index (κ2) is 4.26. The van der Waals surface area contributed by atoms with E-state index >= 15 is 0 Å². The minimum absolute atomic E-state index is 0.0969. The molecule has 2 N–H and O–H groups in total. The van der Waals surface area contributed by atoms with Gasteiger partial charge in [0, 0.05) is 6.42 Å². The molecule has 3 heteroatoms. The van der Waals surface area contributed by atoms with Gasteiger partial charge in [0.15, 0.2) is 0 Å². The van der Waals surface area contributed by atoms with Crippen molar-refractivity contribution >= 4 is 0 Å². The molecule has 0 saturated heterocycles. The maximum Gasteiger partial charge on any atom is 0.210 e. The summed E-state index contributed by atoms with van der Waals surface area (Å²) in [4.78, 5) is 4.08. The predicted molar refractivity (Wildman–Crippen MR) is 47.7 cm³/mol. The molecule has 0 amide bonds. The van der Waals surface area contributed by atoms with Gasteiger partial charge >= 0.3 is 0 Å². The second-order valence-electron chi connectivity index (χ2n) is 3.06. The van der Waals surface area contributed by atoms with E-state index in [2.05, 4.69) is 11.9 Å². The Morgan fingerprint density at radius 3 is 2.92 bits per heavy atom. The van der Waals surface area contributed by atoms with Crippen molar-refractivity contribution in [3.8, 4) is 0 Å². The molecular formula is C9H16N2O. The van der Waals surface area contributed by atoms with E-state index in [1.807, 2.05) is 6.92 Å². The fourth-order valence-electron chi connectivity index (χ4n) is 1.000. The van der Waals surface area contributed by atoms with Crippen LogP contribution in [-0.2, 0) is 6.42 Å². The lowest BCUT2D eigenvalue weighted by Crippen LogP contribution is -2.04. The Labute approximate surface area is 73.0 Å². The van der Waals surface area contributed by atoms with Crippen molar-refractivity contribution in [1.82, 2.24) is 4.98 Å². The summed E-state index contributed by atoms with van der Waals surface area (Å²) < 4.78 is 5.41. The van der Waals surface area contributed by atoms with Gasteiger partial charge in [0.1, 0.15) is 5.76 Å². The molecule has 0 aromatic carbocycles. The molecule has 3 nitrogen and oxygen atoms in total. The van der Waals surface area contributed by atoms with Crippen LogP contribution in [0.2, 0.25) is 0 Å². The highest BCUT2D eigenvalue weighted by atomic mass is 16.4. The molecule has 0 radical (unpaired) electrons. The topological polar surface area (TPSA) is 52.0 Å². The lowest BCUT2D eigenvalue weighted by molar-refractivity contribution is 0.426. The molecule has 1 unspecified atom stereocenters. The van der Waals surface area contributed by atoms with Crippen molar-refractivity contribution in [1.29, 1.82) is 0 Å². The maximum absolute atomic E-state index is 5.60. The quantitative estimate of drug-likeness (QED) is 0.748. The van der Waals surface area contributed by atoms with Crippen molar-refractivity contribution in [3.63, 3.8) is 0 Å². The van der Waals surface area contributed by atoms with Crippen LogP contribution in [0.25, 0.3) is 0 Å². The molecule has 12 heavy (non-hydrogen) atoms. The van der Waals surface area contributed by atoms with Crippen LogP contribution < -0.4 is 5.73 Å². The summed E-state index contributed by atoms with van der Waals surface area (Å²) in [6.45, 7) is 4.03. The van der Waals surface area contributed by atoms with Crippen molar-refractivity contribution in [2.24, 2.45) is 5.73 Å². The van der Waals surface area contributed by atoms with Gasteiger partial charge < -0.3 is 10.2 Å². The minimum Gasteiger partial charge on any atom is -0.444 e. The highest BCUT2D eigenvalue weighted by molar-refractivity contribution is 4.96. The number of rotatable bonds is 4. The minimum atomic E-state index is -0.0969. The number of oxazole rings is 1. The molecule has 1 heterocycles. The molecule has 1 rings (SSSR count). The molecule has 1 aromatic rings. The lowest BCUT2D eigenvalue weighted by atomic mass is 10.2. The molecule has 0 fully saturated rings. The summed E-state index contributed by atoms with van der Waals surface area (Å²) in [7, 11) is 0. The van der Waals surface area contributed by atoms with Gasteiger partial charge in [-0.3, -0.25) is 0 Å². The molecular weight excluding hydrogens is 152 g/mol. The Bertz CT molecular complexity index is 230. The molecule has 0 bridgehead atoms. The SMILES string of the molecule is CCCCc1cnc(C(C)N)o1. The average molecular weight is 168 g/mol. The average Bonchev–Trinajstić information content (AvgIpc) is 2.48. The van der Waals surface area contributed by atoms with Gasteiger partial charge in [-0.1, -0.05) is 13.3 Å². The summed E-state index contributed by atoms with van der Waals surface area (Å²) in [5, 5.41) is 0. The number of unbranched alkanes of at least 4 members (excludes halogenated alkanes) is 1. The van der Waals surface area contributed by atoms with E-state index in [-0.39, 0.29) is 6.04 Å². The van der Waals surface area contributed by atoms with Crippen LogP contribution in [0.1, 0.15) is 44.4 Å². The van der Waals surface area contributed by atoms with Gasteiger partial charge in [-0.05, 0) is 13.3 Å². The maximum atomic E-state index is 5.60. The van der Waals surface area contributed by atoms with E-state index in [1.54, 1.807) is 6.20 Å². The van der Waals surface area contributed by atoms with Crippen LogP contribution in [0.3, 0.4) is 0 Å². The Kier molecular flexibility index (Phi) is 3.29. The van der Waals surface area contributed by atoms with Gasteiger partial charge in [0.05, 0.1) is 12.2 Å². The van der Waals surface area contributed by atoms with Crippen molar-refractivity contribution in [2.75, 3.05) is 0 Å². The first-order valence-electron chi connectivity index (χ1n) is 4.44. The zero-order valence-corrected chi connectivity index (χ0v) is 7.71. The smallest absolute Gasteiger partial charge is 0.210 e. The number of hydrogen-bond acceptors (Lipinski definition) is 3. The number of aromatic nitrogens is 1. The van der Waals surface area contributed by atoms with Gasteiger partial charge in [-0.15, -0.1) is 0 Å². The van der Waals surface area contributed by atoms with E-state index < -0.39 is 0 Å². The Morgan fingerprint density at radius 1 is 1.67 bits per heavy atom. The highest BCUT2D eigenvalue weighted by Crippen LogP contribution is 2.11. The second-order valence-corrected chi connectivity index (χ2v) is 3.06. The van der Waals surface area contributed by atoms with Gasteiger partial charge in [0.25, 0.3) is 0 Å².